The molecule has 2 N–H and O–H groups in total. The van der Waals surface area contributed by atoms with Crippen LogP contribution in [-0.4, -0.2) is 31.2 Å². The lowest BCUT2D eigenvalue weighted by molar-refractivity contribution is -0.137. The number of methoxy groups -OCH3 is 2. The first-order valence-electron chi connectivity index (χ1n) is 7.77. The Morgan fingerprint density at radius 3 is 2.40 bits per heavy atom. The molecule has 1 atom stereocenters. The summed E-state index contributed by atoms with van der Waals surface area (Å²) in [5.74, 6) is -0.682. The summed E-state index contributed by atoms with van der Waals surface area (Å²) in [5.41, 5.74) is 1.96. The number of aryl methyl sites for hydroxylation is 1. The van der Waals surface area contributed by atoms with Crippen LogP contribution in [0.5, 0.6) is 11.5 Å². The van der Waals surface area contributed by atoms with Crippen molar-refractivity contribution < 1.29 is 24.2 Å². The number of carbonyl (C=O) groups excluding carboxylic acids is 1. The van der Waals surface area contributed by atoms with Crippen LogP contribution in [0.2, 0.25) is 0 Å². The van der Waals surface area contributed by atoms with E-state index in [2.05, 4.69) is 5.32 Å². The number of carboxylic acid groups (broad SMARTS) is 1. The van der Waals surface area contributed by atoms with Crippen molar-refractivity contribution in [1.82, 2.24) is 5.32 Å². The van der Waals surface area contributed by atoms with Gasteiger partial charge >= 0.3 is 5.97 Å². The molecule has 132 valence electrons. The van der Waals surface area contributed by atoms with E-state index in [9.17, 15) is 14.7 Å². The molecule has 0 fully saturated rings. The van der Waals surface area contributed by atoms with Crippen LogP contribution in [0.15, 0.2) is 42.5 Å². The Morgan fingerprint density at radius 2 is 1.80 bits per heavy atom. The Bertz CT molecular complexity index is 772. The number of rotatable bonds is 7. The monoisotopic (exact) mass is 343 g/mol. The summed E-state index contributed by atoms with van der Waals surface area (Å²) in [7, 11) is 2.94. The van der Waals surface area contributed by atoms with Gasteiger partial charge in [-0.3, -0.25) is 9.59 Å². The van der Waals surface area contributed by atoms with Gasteiger partial charge in [-0.05, 0) is 30.2 Å². The zero-order valence-corrected chi connectivity index (χ0v) is 14.4. The van der Waals surface area contributed by atoms with Crippen LogP contribution in [0.1, 0.15) is 33.9 Å². The van der Waals surface area contributed by atoms with Gasteiger partial charge in [0, 0.05) is 0 Å². The molecule has 2 aromatic rings. The number of aliphatic carboxylic acids is 1. The van der Waals surface area contributed by atoms with E-state index in [0.717, 1.165) is 11.1 Å². The number of ether oxygens (including phenoxy) is 2. The van der Waals surface area contributed by atoms with Crippen LogP contribution < -0.4 is 14.8 Å². The third-order valence-corrected chi connectivity index (χ3v) is 3.90. The minimum atomic E-state index is -0.994. The molecule has 0 bridgehead atoms. The number of carbonyl (C=O) groups is 2. The number of benzene rings is 2. The standard InChI is InChI=1S/C19H21NO5/c1-12-7-4-5-8-13(12)15(11-17(21)22)20-19(23)14-9-6-10-16(24-2)18(14)25-3/h4-10,15H,11H2,1-3H3,(H,20,23)(H,21,22). The van der Waals surface area contributed by atoms with E-state index in [-0.39, 0.29) is 12.0 Å². The zero-order chi connectivity index (χ0) is 18.4. The molecule has 0 spiro atoms. The summed E-state index contributed by atoms with van der Waals surface area (Å²) in [4.78, 5) is 24.0. The van der Waals surface area contributed by atoms with Gasteiger partial charge in [0.1, 0.15) is 0 Å². The smallest absolute Gasteiger partial charge is 0.305 e. The minimum Gasteiger partial charge on any atom is -0.493 e. The molecule has 2 aromatic carbocycles. The number of nitrogens with one attached hydrogen (secondary N) is 1. The Balaban J connectivity index is 2.35. The number of hydrogen-bond acceptors (Lipinski definition) is 4. The van der Waals surface area contributed by atoms with E-state index in [1.54, 1.807) is 18.2 Å². The number of amides is 1. The summed E-state index contributed by atoms with van der Waals surface area (Å²) in [5, 5.41) is 12.0. The van der Waals surface area contributed by atoms with Crippen molar-refractivity contribution in [3.05, 3.63) is 59.2 Å². The minimum absolute atomic E-state index is 0.219. The topological polar surface area (TPSA) is 84.9 Å². The maximum Gasteiger partial charge on any atom is 0.305 e. The van der Waals surface area contributed by atoms with Gasteiger partial charge in [0.25, 0.3) is 5.91 Å². The number of hydrogen-bond donors (Lipinski definition) is 2. The van der Waals surface area contributed by atoms with E-state index in [4.69, 9.17) is 9.47 Å². The van der Waals surface area contributed by atoms with E-state index in [1.165, 1.54) is 14.2 Å². The summed E-state index contributed by atoms with van der Waals surface area (Å²) in [6.07, 6.45) is -0.219. The molecular weight excluding hydrogens is 322 g/mol. The molecule has 0 aliphatic heterocycles. The summed E-state index contributed by atoms with van der Waals surface area (Å²) in [6.45, 7) is 1.88. The lowest BCUT2D eigenvalue weighted by atomic mass is 9.98. The van der Waals surface area contributed by atoms with E-state index >= 15 is 0 Å². The quantitative estimate of drug-likeness (QED) is 0.807. The molecule has 0 saturated heterocycles. The Kier molecular flexibility index (Phi) is 6.00. The average Bonchev–Trinajstić information content (AvgIpc) is 2.60. The molecule has 0 saturated carbocycles. The second kappa shape index (κ2) is 8.19. The predicted molar refractivity (Wildman–Crippen MR) is 93.2 cm³/mol. The van der Waals surface area contributed by atoms with Crippen molar-refractivity contribution >= 4 is 11.9 Å². The predicted octanol–water partition coefficient (Wildman–Crippen LogP) is 2.96. The van der Waals surface area contributed by atoms with Crippen molar-refractivity contribution in [2.45, 2.75) is 19.4 Å². The fourth-order valence-corrected chi connectivity index (χ4v) is 2.69. The second-order valence-corrected chi connectivity index (χ2v) is 5.52. The summed E-state index contributed by atoms with van der Waals surface area (Å²) in [6, 6.07) is 11.7. The first-order chi connectivity index (χ1) is 12.0. The van der Waals surface area contributed by atoms with Crippen molar-refractivity contribution in [3.63, 3.8) is 0 Å². The van der Waals surface area contributed by atoms with Gasteiger partial charge in [0.05, 0.1) is 32.2 Å². The SMILES string of the molecule is COc1cccc(C(=O)NC(CC(=O)O)c2ccccc2C)c1OC. The zero-order valence-electron chi connectivity index (χ0n) is 14.4. The van der Waals surface area contributed by atoms with Crippen molar-refractivity contribution in [3.8, 4) is 11.5 Å². The number of para-hydroxylation sites is 1. The Morgan fingerprint density at radius 1 is 1.08 bits per heavy atom. The molecule has 0 heterocycles. The molecule has 1 unspecified atom stereocenters. The lowest BCUT2D eigenvalue weighted by Crippen LogP contribution is -2.31. The van der Waals surface area contributed by atoms with Gasteiger partial charge in [-0.2, -0.15) is 0 Å². The molecule has 0 aliphatic carbocycles. The van der Waals surface area contributed by atoms with Gasteiger partial charge in [0.15, 0.2) is 11.5 Å². The first kappa shape index (κ1) is 18.3. The summed E-state index contributed by atoms with van der Waals surface area (Å²) < 4.78 is 10.5. The van der Waals surface area contributed by atoms with Gasteiger partial charge in [-0.25, -0.2) is 0 Å². The summed E-state index contributed by atoms with van der Waals surface area (Å²) >= 11 is 0. The lowest BCUT2D eigenvalue weighted by Gasteiger charge is -2.20. The van der Waals surface area contributed by atoms with Crippen LogP contribution in [0.25, 0.3) is 0 Å². The van der Waals surface area contributed by atoms with Crippen LogP contribution in [0.4, 0.5) is 0 Å². The van der Waals surface area contributed by atoms with Crippen LogP contribution in [-0.2, 0) is 4.79 Å². The van der Waals surface area contributed by atoms with Crippen LogP contribution in [0, 0.1) is 6.92 Å². The first-order valence-corrected chi connectivity index (χ1v) is 7.77. The normalized spacial score (nSPS) is 11.5. The fraction of sp³-hybridized carbons (Fsp3) is 0.263. The van der Waals surface area contributed by atoms with Crippen LogP contribution in [0.3, 0.4) is 0 Å². The van der Waals surface area contributed by atoms with E-state index in [1.807, 2.05) is 31.2 Å². The highest BCUT2D eigenvalue weighted by Crippen LogP contribution is 2.31. The van der Waals surface area contributed by atoms with Gasteiger partial charge in [-0.1, -0.05) is 30.3 Å². The van der Waals surface area contributed by atoms with E-state index in [0.29, 0.717) is 11.5 Å². The maximum atomic E-state index is 12.7. The van der Waals surface area contributed by atoms with Crippen molar-refractivity contribution in [2.24, 2.45) is 0 Å². The average molecular weight is 343 g/mol. The highest BCUT2D eigenvalue weighted by molar-refractivity contribution is 5.98. The molecule has 6 heteroatoms. The molecule has 0 radical (unpaired) electrons. The second-order valence-electron chi connectivity index (χ2n) is 5.52. The molecule has 2 rings (SSSR count). The molecule has 1 amide bonds. The molecular formula is C19H21NO5. The molecule has 25 heavy (non-hydrogen) atoms. The van der Waals surface area contributed by atoms with Gasteiger partial charge in [0.2, 0.25) is 0 Å². The third-order valence-electron chi connectivity index (χ3n) is 3.90. The van der Waals surface area contributed by atoms with E-state index < -0.39 is 17.9 Å². The highest BCUT2D eigenvalue weighted by Gasteiger charge is 2.23. The van der Waals surface area contributed by atoms with Gasteiger partial charge < -0.3 is 19.9 Å². The van der Waals surface area contributed by atoms with Crippen LogP contribution >= 0.6 is 0 Å². The van der Waals surface area contributed by atoms with Crippen molar-refractivity contribution in [1.29, 1.82) is 0 Å². The molecule has 6 nitrogen and oxygen atoms in total. The third kappa shape index (κ3) is 4.29. The highest BCUT2D eigenvalue weighted by atomic mass is 16.5. The molecule has 0 aromatic heterocycles. The molecule has 0 aliphatic rings. The fourth-order valence-electron chi connectivity index (χ4n) is 2.69. The van der Waals surface area contributed by atoms with Gasteiger partial charge in [-0.15, -0.1) is 0 Å². The Hall–Kier alpha value is -3.02. The maximum absolute atomic E-state index is 12.7. The Labute approximate surface area is 146 Å². The largest absolute Gasteiger partial charge is 0.493 e. The van der Waals surface area contributed by atoms with Crippen molar-refractivity contribution in [2.75, 3.05) is 14.2 Å². The number of carboxylic acids is 1.